The highest BCUT2D eigenvalue weighted by molar-refractivity contribution is 5.57. The van der Waals surface area contributed by atoms with Gasteiger partial charge in [0.05, 0.1) is 19.8 Å². The predicted molar refractivity (Wildman–Crippen MR) is 123 cm³/mol. The first-order valence-electron chi connectivity index (χ1n) is 11.7. The summed E-state index contributed by atoms with van der Waals surface area (Å²) in [7, 11) is 12.1. The van der Waals surface area contributed by atoms with Crippen LogP contribution in [0.2, 0.25) is 0 Å². The van der Waals surface area contributed by atoms with Gasteiger partial charge in [-0.05, 0) is 0 Å². The Kier molecular flexibility index (Phi) is 14.1. The van der Waals surface area contributed by atoms with Crippen molar-refractivity contribution in [1.29, 1.82) is 0 Å². The maximum Gasteiger partial charge on any atom is 0.187 e. The van der Waals surface area contributed by atoms with E-state index in [4.69, 9.17) is 56.8 Å². The highest BCUT2D eigenvalue weighted by atomic mass is 16.8. The Hall–Kier alpha value is -0.810. The van der Waals surface area contributed by atoms with E-state index >= 15 is 0 Å². The first kappa shape index (κ1) is 31.4. The topological polar surface area (TPSA) is 128 Å². The molecule has 0 radical (unpaired) electrons. The average molecular weight is 527 g/mol. The van der Waals surface area contributed by atoms with Crippen LogP contribution in [0.1, 0.15) is 0 Å². The van der Waals surface area contributed by atoms with Crippen LogP contribution in [0.4, 0.5) is 0 Å². The zero-order chi connectivity index (χ0) is 26.7. The molecule has 2 saturated heterocycles. The molecule has 13 heteroatoms. The van der Waals surface area contributed by atoms with Crippen LogP contribution in [0.25, 0.3) is 0 Å². The molecule has 212 valence electrons. The third-order valence-corrected chi connectivity index (χ3v) is 6.49. The summed E-state index contributed by atoms with van der Waals surface area (Å²) in [6, 6.07) is 0. The number of aldehydes is 1. The monoisotopic (exact) mass is 526 g/mol. The summed E-state index contributed by atoms with van der Waals surface area (Å²) < 4.78 is 68.7. The Morgan fingerprint density at radius 2 is 1.28 bits per heavy atom. The van der Waals surface area contributed by atoms with Crippen molar-refractivity contribution >= 4 is 6.29 Å². The standard InChI is InChI=1S/C23H42O13/c1-25-10-16(17(29-5)13(9-24)26-2)35-22-21(32-8)19(15(28-4)12-33-22)36-23-20(31-7)18(30-6)14(27-3)11-34-23/h9,13-23H,10-12H2,1-8H3/t13?,14-,15?,16?,17?,18+,19?,20-,21?,22?,23+/m1/s1. The van der Waals surface area contributed by atoms with E-state index in [1.54, 1.807) is 28.4 Å². The van der Waals surface area contributed by atoms with Crippen LogP contribution in [0.3, 0.4) is 0 Å². The molecule has 13 nitrogen and oxygen atoms in total. The van der Waals surface area contributed by atoms with Crippen molar-refractivity contribution in [1.82, 2.24) is 0 Å². The molecule has 2 aliphatic rings. The van der Waals surface area contributed by atoms with E-state index < -0.39 is 61.4 Å². The lowest BCUT2D eigenvalue weighted by Crippen LogP contribution is -2.62. The van der Waals surface area contributed by atoms with Crippen molar-refractivity contribution < 1.29 is 61.6 Å². The third-order valence-electron chi connectivity index (χ3n) is 6.49. The summed E-state index contributed by atoms with van der Waals surface area (Å²) in [5.74, 6) is 0. The molecule has 0 N–H and O–H groups in total. The Morgan fingerprint density at radius 1 is 0.722 bits per heavy atom. The molecule has 36 heavy (non-hydrogen) atoms. The van der Waals surface area contributed by atoms with E-state index in [9.17, 15) is 4.79 Å². The number of carbonyl (C=O) groups is 1. The second kappa shape index (κ2) is 16.2. The van der Waals surface area contributed by atoms with Crippen molar-refractivity contribution in [3.63, 3.8) is 0 Å². The highest BCUT2D eigenvalue weighted by Crippen LogP contribution is 2.30. The second-order valence-electron chi connectivity index (χ2n) is 8.32. The number of rotatable bonds is 16. The molecule has 2 heterocycles. The molecule has 2 fully saturated rings. The molecule has 0 aromatic carbocycles. The van der Waals surface area contributed by atoms with Crippen LogP contribution in [0.5, 0.6) is 0 Å². The van der Waals surface area contributed by atoms with Crippen LogP contribution in [-0.4, -0.2) is 151 Å². The van der Waals surface area contributed by atoms with Gasteiger partial charge in [-0.2, -0.15) is 0 Å². The molecule has 11 atom stereocenters. The SMILES string of the molecule is COCC(OC1OCC(OC)C(O[C@@H]2OC[C@@H](OC)[C@H](OC)[C@H]2OC)C1OC)C(OC)C(C=O)OC. The zero-order valence-corrected chi connectivity index (χ0v) is 22.4. The summed E-state index contributed by atoms with van der Waals surface area (Å²) in [5.41, 5.74) is 0. The van der Waals surface area contributed by atoms with E-state index in [1.807, 2.05) is 0 Å². The number of carbonyl (C=O) groups excluding carboxylic acids is 1. The van der Waals surface area contributed by atoms with Crippen molar-refractivity contribution in [3.8, 4) is 0 Å². The van der Waals surface area contributed by atoms with Gasteiger partial charge in [-0.3, -0.25) is 0 Å². The van der Waals surface area contributed by atoms with E-state index in [1.165, 1.54) is 28.4 Å². The van der Waals surface area contributed by atoms with E-state index in [-0.39, 0.29) is 25.9 Å². The Bertz CT molecular complexity index is 611. The van der Waals surface area contributed by atoms with Crippen LogP contribution < -0.4 is 0 Å². The summed E-state index contributed by atoms with van der Waals surface area (Å²) in [4.78, 5) is 11.5. The quantitative estimate of drug-likeness (QED) is 0.238. The first-order chi connectivity index (χ1) is 17.5. The van der Waals surface area contributed by atoms with Gasteiger partial charge in [-0.25, -0.2) is 0 Å². The van der Waals surface area contributed by atoms with Gasteiger partial charge in [-0.1, -0.05) is 0 Å². The van der Waals surface area contributed by atoms with Crippen LogP contribution in [-0.2, 0) is 61.6 Å². The maximum absolute atomic E-state index is 11.5. The van der Waals surface area contributed by atoms with Crippen molar-refractivity contribution in [3.05, 3.63) is 0 Å². The Labute approximate surface area is 212 Å². The molecule has 2 aliphatic heterocycles. The summed E-state index contributed by atoms with van der Waals surface area (Å²) in [6.07, 6.45) is -6.70. The normalized spacial score (nSPS) is 35.8. The molecule has 0 amide bonds. The fourth-order valence-corrected chi connectivity index (χ4v) is 4.54. The van der Waals surface area contributed by atoms with E-state index in [0.29, 0.717) is 6.29 Å². The van der Waals surface area contributed by atoms with Gasteiger partial charge >= 0.3 is 0 Å². The lowest BCUT2D eigenvalue weighted by molar-refractivity contribution is -0.350. The van der Waals surface area contributed by atoms with Crippen LogP contribution >= 0.6 is 0 Å². The minimum Gasteiger partial charge on any atom is -0.382 e. The molecule has 0 aromatic heterocycles. The Balaban J connectivity index is 2.25. The predicted octanol–water partition coefficient (Wildman–Crippen LogP) is -0.580. The minimum absolute atomic E-state index is 0.104. The average Bonchev–Trinajstić information content (AvgIpc) is 2.91. The summed E-state index contributed by atoms with van der Waals surface area (Å²) >= 11 is 0. The largest absolute Gasteiger partial charge is 0.382 e. The van der Waals surface area contributed by atoms with Crippen molar-refractivity contribution in [2.75, 3.05) is 76.7 Å². The van der Waals surface area contributed by atoms with Gasteiger partial charge in [-0.15, -0.1) is 0 Å². The van der Waals surface area contributed by atoms with Gasteiger partial charge in [0.1, 0.15) is 54.9 Å². The van der Waals surface area contributed by atoms with E-state index in [0.717, 1.165) is 0 Å². The van der Waals surface area contributed by atoms with Gasteiger partial charge in [0.15, 0.2) is 18.9 Å². The first-order valence-corrected chi connectivity index (χ1v) is 11.7. The Morgan fingerprint density at radius 3 is 1.75 bits per heavy atom. The van der Waals surface area contributed by atoms with Gasteiger partial charge in [0.2, 0.25) is 0 Å². The molecule has 0 aromatic rings. The fourth-order valence-electron chi connectivity index (χ4n) is 4.54. The van der Waals surface area contributed by atoms with Gasteiger partial charge < -0.3 is 61.6 Å². The molecule has 7 unspecified atom stereocenters. The van der Waals surface area contributed by atoms with Crippen molar-refractivity contribution in [2.45, 2.75) is 67.5 Å². The number of methoxy groups -OCH3 is 8. The minimum atomic E-state index is -0.914. The number of hydrogen-bond donors (Lipinski definition) is 0. The zero-order valence-electron chi connectivity index (χ0n) is 22.4. The molecular weight excluding hydrogens is 484 g/mol. The maximum atomic E-state index is 11.5. The lowest BCUT2D eigenvalue weighted by Gasteiger charge is -2.46. The number of hydrogen-bond acceptors (Lipinski definition) is 13. The van der Waals surface area contributed by atoms with Gasteiger partial charge in [0.25, 0.3) is 0 Å². The summed E-state index contributed by atoms with van der Waals surface area (Å²) in [6.45, 7) is 0.490. The van der Waals surface area contributed by atoms with E-state index in [2.05, 4.69) is 0 Å². The molecule has 0 aliphatic carbocycles. The molecule has 2 rings (SSSR count). The second-order valence-corrected chi connectivity index (χ2v) is 8.32. The molecular formula is C23H42O13. The number of ether oxygens (including phenoxy) is 12. The fraction of sp³-hybridized carbons (Fsp3) is 0.957. The van der Waals surface area contributed by atoms with Crippen LogP contribution in [0, 0.1) is 0 Å². The summed E-state index contributed by atoms with van der Waals surface area (Å²) in [5, 5.41) is 0. The molecule has 0 saturated carbocycles. The van der Waals surface area contributed by atoms with Crippen molar-refractivity contribution in [2.24, 2.45) is 0 Å². The third kappa shape index (κ3) is 7.40. The van der Waals surface area contributed by atoms with Crippen LogP contribution in [0.15, 0.2) is 0 Å². The molecule has 0 bridgehead atoms. The van der Waals surface area contributed by atoms with Gasteiger partial charge in [0, 0.05) is 56.9 Å². The molecule has 0 spiro atoms. The lowest BCUT2D eigenvalue weighted by atomic mass is 10.0. The smallest absolute Gasteiger partial charge is 0.187 e. The highest BCUT2D eigenvalue weighted by Gasteiger charge is 2.49.